The molecule has 1 aromatic heterocycles. The number of hydrogen-bond acceptors (Lipinski definition) is 6. The minimum absolute atomic E-state index is 0. The molecule has 2 aromatic rings. The maximum absolute atomic E-state index is 12.9. The molecule has 142 valence electrons. The van der Waals surface area contributed by atoms with Gasteiger partial charge in [-0.15, -0.1) is 11.8 Å². The van der Waals surface area contributed by atoms with Crippen molar-refractivity contribution in [2.45, 2.75) is 36.1 Å². The third kappa shape index (κ3) is 2.93. The monoisotopic (exact) mass is 410 g/mol. The number of carboxylic acids is 1. The van der Waals surface area contributed by atoms with Gasteiger partial charge in [0.05, 0.1) is 17.4 Å². The molecule has 1 aromatic carbocycles. The molecular formula is C19H19N2NaO5S. The zero-order valence-electron chi connectivity index (χ0n) is 16.1. The fraction of sp³-hybridized carbons (Fsp3) is 0.421. The Kier molecular flexibility index (Phi) is 5.48. The summed E-state index contributed by atoms with van der Waals surface area (Å²) in [7, 11) is 1.81. The molecule has 4 atom stereocenters. The Bertz CT molecular complexity index is 988. The fourth-order valence-corrected chi connectivity index (χ4v) is 5.89. The zero-order valence-corrected chi connectivity index (χ0v) is 18.9. The van der Waals surface area contributed by atoms with Gasteiger partial charge in [-0.2, -0.15) is 0 Å². The van der Waals surface area contributed by atoms with E-state index in [1.807, 2.05) is 25.2 Å². The van der Waals surface area contributed by atoms with E-state index >= 15 is 0 Å². The smallest absolute Gasteiger partial charge is 0.548 e. The Morgan fingerprint density at radius 2 is 1.93 bits per heavy atom. The summed E-state index contributed by atoms with van der Waals surface area (Å²) in [5, 5.41) is 22.3. The zero-order chi connectivity index (χ0) is 19.7. The summed E-state index contributed by atoms with van der Waals surface area (Å²) < 4.78 is 1.04. The molecule has 3 heterocycles. The Hall–Kier alpha value is -1.32. The normalized spacial score (nSPS) is 26.4. The number of para-hydroxylation sites is 1. The second kappa shape index (κ2) is 7.18. The molecule has 0 spiro atoms. The Balaban J connectivity index is 0.00000225. The number of ketones is 1. The van der Waals surface area contributed by atoms with Crippen molar-refractivity contribution in [3.8, 4) is 0 Å². The van der Waals surface area contributed by atoms with Crippen LogP contribution in [0.3, 0.4) is 0 Å². The van der Waals surface area contributed by atoms with Crippen molar-refractivity contribution in [2.24, 2.45) is 13.0 Å². The predicted octanol–water partition coefficient (Wildman–Crippen LogP) is -2.85. The standard InChI is InChI=1S/C19H20N2O5S.Na/c1-19(2)15(18(25)26)21-16(24)12(17(21)27-19)14(23)13(22)10-8-20(3)11-7-5-4-6-9(10)11;/h4-8,12,14-15,17,23H,1-3H3,(H,25,26);/q;+1/p-1/t12-,14+,15+,17-;/m1./s1. The van der Waals surface area contributed by atoms with Crippen LogP contribution in [0.15, 0.2) is 30.5 Å². The number of amides is 1. The first kappa shape index (κ1) is 21.4. The molecule has 2 aliphatic rings. The van der Waals surface area contributed by atoms with Crippen molar-refractivity contribution >= 4 is 40.3 Å². The van der Waals surface area contributed by atoms with Gasteiger partial charge < -0.3 is 24.5 Å². The van der Waals surface area contributed by atoms with E-state index in [1.165, 1.54) is 16.7 Å². The second-order valence-electron chi connectivity index (χ2n) is 7.58. The fourth-order valence-electron chi connectivity index (χ4n) is 4.17. The molecule has 0 unspecified atom stereocenters. The van der Waals surface area contributed by atoms with Crippen molar-refractivity contribution < 1.29 is 54.2 Å². The van der Waals surface area contributed by atoms with E-state index in [0.29, 0.717) is 10.9 Å². The molecule has 7 nitrogen and oxygen atoms in total. The summed E-state index contributed by atoms with van der Waals surface area (Å²) in [4.78, 5) is 38.3. The number of Topliss-reactive ketones (excluding diaryl/α,β-unsaturated/α-hetero) is 1. The first-order valence-electron chi connectivity index (χ1n) is 8.62. The van der Waals surface area contributed by atoms with Crippen LogP contribution in [0.1, 0.15) is 24.2 Å². The first-order chi connectivity index (χ1) is 12.6. The average Bonchev–Trinajstić information content (AvgIpc) is 3.06. The third-order valence-corrected chi connectivity index (χ3v) is 7.07. The quantitative estimate of drug-likeness (QED) is 0.331. The molecule has 0 radical (unpaired) electrons. The van der Waals surface area contributed by atoms with E-state index in [-0.39, 0.29) is 29.6 Å². The number of β-lactam (4-membered cyclic amide) rings is 1. The minimum Gasteiger partial charge on any atom is -0.548 e. The van der Waals surface area contributed by atoms with Gasteiger partial charge in [0, 0.05) is 34.5 Å². The van der Waals surface area contributed by atoms with Gasteiger partial charge in [0.2, 0.25) is 5.91 Å². The largest absolute Gasteiger partial charge is 1.00 e. The van der Waals surface area contributed by atoms with Crippen molar-refractivity contribution in [2.75, 3.05) is 0 Å². The number of aliphatic hydroxyl groups excluding tert-OH is 1. The Morgan fingerprint density at radius 1 is 1.29 bits per heavy atom. The number of nitrogens with zero attached hydrogens (tertiary/aromatic N) is 2. The molecule has 9 heteroatoms. The summed E-state index contributed by atoms with van der Waals surface area (Å²) in [6.45, 7) is 3.44. The van der Waals surface area contributed by atoms with E-state index in [9.17, 15) is 24.6 Å². The van der Waals surface area contributed by atoms with Crippen LogP contribution >= 0.6 is 11.8 Å². The molecule has 1 N–H and O–H groups in total. The number of fused-ring (bicyclic) bond motifs is 2. The summed E-state index contributed by atoms with van der Waals surface area (Å²) in [5.74, 6) is -3.32. The van der Waals surface area contributed by atoms with Gasteiger partial charge in [-0.05, 0) is 19.9 Å². The topological polar surface area (TPSA) is 103 Å². The number of aromatic nitrogens is 1. The Labute approximate surface area is 188 Å². The number of aliphatic carboxylic acids is 1. The van der Waals surface area contributed by atoms with Crippen LogP contribution in [-0.4, -0.2) is 54.5 Å². The number of carbonyl (C=O) groups excluding carboxylic acids is 3. The molecule has 4 rings (SSSR count). The van der Waals surface area contributed by atoms with Crippen LogP contribution in [0, 0.1) is 5.92 Å². The minimum atomic E-state index is -1.52. The molecule has 0 aliphatic carbocycles. The molecular weight excluding hydrogens is 391 g/mol. The van der Waals surface area contributed by atoms with Crippen LogP contribution in [0.5, 0.6) is 0 Å². The number of rotatable bonds is 4. The molecule has 28 heavy (non-hydrogen) atoms. The van der Waals surface area contributed by atoms with E-state index in [0.717, 1.165) is 5.52 Å². The van der Waals surface area contributed by atoms with Crippen molar-refractivity contribution in [1.29, 1.82) is 0 Å². The van der Waals surface area contributed by atoms with Gasteiger partial charge >= 0.3 is 29.6 Å². The molecule has 0 saturated carbocycles. The summed E-state index contributed by atoms with van der Waals surface area (Å²) >= 11 is 1.28. The number of carbonyl (C=O) groups is 3. The summed E-state index contributed by atoms with van der Waals surface area (Å²) in [6.07, 6.45) is 0.126. The average molecular weight is 410 g/mol. The number of aliphatic hydroxyl groups is 1. The van der Waals surface area contributed by atoms with E-state index < -0.39 is 45.8 Å². The van der Waals surface area contributed by atoms with Crippen molar-refractivity contribution in [1.82, 2.24) is 9.47 Å². The van der Waals surface area contributed by atoms with Gasteiger partial charge in [-0.1, -0.05) is 18.2 Å². The van der Waals surface area contributed by atoms with Gasteiger partial charge in [0.25, 0.3) is 0 Å². The van der Waals surface area contributed by atoms with E-state index in [1.54, 1.807) is 30.7 Å². The Morgan fingerprint density at radius 3 is 2.57 bits per heavy atom. The van der Waals surface area contributed by atoms with Gasteiger partial charge in [-0.3, -0.25) is 9.59 Å². The van der Waals surface area contributed by atoms with Gasteiger partial charge in [0.15, 0.2) is 5.78 Å². The molecule has 2 aliphatic heterocycles. The number of benzene rings is 1. The maximum atomic E-state index is 12.9. The van der Waals surface area contributed by atoms with Gasteiger partial charge in [0.1, 0.15) is 12.0 Å². The second-order valence-corrected chi connectivity index (χ2v) is 9.36. The SMILES string of the molecule is Cn1cc(C(=O)[C@@H](O)[C@@H]2C(=O)N3[C@@H]2SC(C)(C)[C@@H]3C(=O)[O-])c2ccccc21.[Na+]. The van der Waals surface area contributed by atoms with E-state index in [2.05, 4.69) is 0 Å². The predicted molar refractivity (Wildman–Crippen MR) is 97.8 cm³/mol. The molecule has 2 saturated heterocycles. The van der Waals surface area contributed by atoms with E-state index in [4.69, 9.17) is 0 Å². The summed E-state index contributed by atoms with van der Waals surface area (Å²) in [6, 6.07) is 6.26. The van der Waals surface area contributed by atoms with Crippen LogP contribution in [0.2, 0.25) is 0 Å². The maximum Gasteiger partial charge on any atom is 1.00 e. The summed E-state index contributed by atoms with van der Waals surface area (Å²) in [5.41, 5.74) is 1.20. The number of thioether (sulfide) groups is 1. The van der Waals surface area contributed by atoms with Crippen LogP contribution in [0.25, 0.3) is 10.9 Å². The molecule has 0 bridgehead atoms. The first-order valence-corrected chi connectivity index (χ1v) is 9.50. The number of carboxylic acid groups (broad SMARTS) is 1. The van der Waals surface area contributed by atoms with Crippen LogP contribution < -0.4 is 34.7 Å². The third-order valence-electron chi connectivity index (χ3n) is 5.48. The molecule has 2 fully saturated rings. The van der Waals surface area contributed by atoms with Crippen LogP contribution in [-0.2, 0) is 16.6 Å². The van der Waals surface area contributed by atoms with Gasteiger partial charge in [-0.25, -0.2) is 0 Å². The number of hydrogen-bond donors (Lipinski definition) is 1. The number of aryl methyl sites for hydroxylation is 1. The molecule has 1 amide bonds. The van der Waals surface area contributed by atoms with Crippen LogP contribution in [0.4, 0.5) is 0 Å². The van der Waals surface area contributed by atoms with Crippen molar-refractivity contribution in [3.63, 3.8) is 0 Å². The van der Waals surface area contributed by atoms with Crippen molar-refractivity contribution in [3.05, 3.63) is 36.0 Å².